The van der Waals surface area contributed by atoms with Gasteiger partial charge in [-0.1, -0.05) is 36.4 Å². The normalized spacial score (nSPS) is 12.0. The van der Waals surface area contributed by atoms with Gasteiger partial charge in [0, 0.05) is 10.4 Å². The van der Waals surface area contributed by atoms with Crippen LogP contribution in [0.4, 0.5) is 15.8 Å². The van der Waals surface area contributed by atoms with E-state index in [4.69, 9.17) is 0 Å². The smallest absolute Gasteiger partial charge is 0.348 e. The van der Waals surface area contributed by atoms with E-state index < -0.39 is 23.1 Å². The second-order valence-electron chi connectivity index (χ2n) is 5.41. The van der Waals surface area contributed by atoms with Crippen molar-refractivity contribution in [1.82, 2.24) is 0 Å². The molecule has 3 rings (SSSR count). The lowest BCUT2D eigenvalue weighted by molar-refractivity contribution is 0.0703. The molecule has 0 fully saturated rings. The molecule has 0 amide bonds. The number of benzene rings is 2. The highest BCUT2D eigenvalue weighted by molar-refractivity contribution is 7.81. The predicted molar refractivity (Wildman–Crippen MR) is 98.9 cm³/mol. The number of aryl methyl sites for hydroxylation is 1. The highest BCUT2D eigenvalue weighted by Gasteiger charge is 2.24. The van der Waals surface area contributed by atoms with E-state index in [2.05, 4.69) is 0 Å². The van der Waals surface area contributed by atoms with E-state index in [1.807, 2.05) is 0 Å². The Bertz CT molecular complexity index is 1000. The molecule has 2 aromatic carbocycles. The molecule has 0 spiro atoms. The summed E-state index contributed by atoms with van der Waals surface area (Å²) >= 11 is -1.93. The Hall–Kier alpha value is -2.55. The molecule has 134 valence electrons. The van der Waals surface area contributed by atoms with E-state index in [1.165, 1.54) is 24.3 Å². The summed E-state index contributed by atoms with van der Waals surface area (Å²) in [6.07, 6.45) is 0. The molecule has 0 radical (unpaired) electrons. The van der Waals surface area contributed by atoms with Crippen molar-refractivity contribution in [3.05, 3.63) is 70.9 Å². The Kier molecular flexibility index (Phi) is 5.17. The van der Waals surface area contributed by atoms with Gasteiger partial charge in [-0.15, -0.1) is 11.3 Å². The first-order chi connectivity index (χ1) is 12.4. The molecule has 1 heterocycles. The van der Waals surface area contributed by atoms with Crippen molar-refractivity contribution in [2.24, 2.45) is 0 Å². The molecule has 5 nitrogen and oxygen atoms in total. The summed E-state index contributed by atoms with van der Waals surface area (Å²) in [5.74, 6) is -1.79. The molecule has 1 aromatic heterocycles. The Morgan fingerprint density at radius 2 is 1.81 bits per heavy atom. The van der Waals surface area contributed by atoms with Crippen molar-refractivity contribution in [3.63, 3.8) is 0 Å². The summed E-state index contributed by atoms with van der Waals surface area (Å²) in [5, 5.41) is 9.53. The van der Waals surface area contributed by atoms with E-state index >= 15 is 0 Å². The summed E-state index contributed by atoms with van der Waals surface area (Å²) in [6.45, 7) is 1.72. The highest BCUT2D eigenvalue weighted by Crippen LogP contribution is 2.41. The largest absolute Gasteiger partial charge is 0.755 e. The molecule has 0 bridgehead atoms. The fourth-order valence-electron chi connectivity index (χ4n) is 2.56. The van der Waals surface area contributed by atoms with E-state index in [0.29, 0.717) is 16.1 Å². The Labute approximate surface area is 155 Å². The minimum atomic E-state index is -2.76. The lowest BCUT2D eigenvalue weighted by Gasteiger charge is -2.27. The van der Waals surface area contributed by atoms with Gasteiger partial charge in [-0.2, -0.15) is 0 Å². The van der Waals surface area contributed by atoms with Crippen LogP contribution in [0, 0.1) is 12.7 Å². The second kappa shape index (κ2) is 7.36. The number of thiophene rings is 1. The zero-order valence-electron chi connectivity index (χ0n) is 13.5. The van der Waals surface area contributed by atoms with E-state index in [9.17, 15) is 23.1 Å². The topological polar surface area (TPSA) is 80.7 Å². The lowest BCUT2D eigenvalue weighted by Crippen LogP contribution is -2.21. The zero-order valence-corrected chi connectivity index (χ0v) is 15.1. The Morgan fingerprint density at radius 3 is 2.42 bits per heavy atom. The monoisotopic (exact) mass is 390 g/mol. The van der Waals surface area contributed by atoms with Gasteiger partial charge in [-0.3, -0.25) is 8.51 Å². The molecule has 0 aliphatic heterocycles. The molecule has 1 unspecified atom stereocenters. The molecular formula is C18H13FNO4S2-. The van der Waals surface area contributed by atoms with Gasteiger partial charge in [0.2, 0.25) is 0 Å². The van der Waals surface area contributed by atoms with Crippen LogP contribution in [0.15, 0.2) is 54.6 Å². The second-order valence-corrected chi connectivity index (χ2v) is 7.26. The SMILES string of the molecule is Cc1ccccc1N(c1cc(-c2ccccc2F)sc1C(=O)O)S(=O)[O-]. The number of rotatable bonds is 5. The molecule has 1 atom stereocenters. The average Bonchev–Trinajstić information content (AvgIpc) is 3.02. The van der Waals surface area contributed by atoms with Crippen LogP contribution < -0.4 is 4.31 Å². The van der Waals surface area contributed by atoms with Crippen molar-refractivity contribution < 1.29 is 23.1 Å². The molecule has 0 saturated heterocycles. The number of para-hydroxylation sites is 1. The molecular weight excluding hydrogens is 377 g/mol. The van der Waals surface area contributed by atoms with Crippen molar-refractivity contribution in [3.8, 4) is 10.4 Å². The number of anilines is 2. The summed E-state index contributed by atoms with van der Waals surface area (Å²) in [4.78, 5) is 11.8. The van der Waals surface area contributed by atoms with Gasteiger partial charge in [0.1, 0.15) is 10.7 Å². The molecule has 26 heavy (non-hydrogen) atoms. The maximum Gasteiger partial charge on any atom is 0.348 e. The fraction of sp³-hybridized carbons (Fsp3) is 0.0556. The number of aromatic carboxylic acids is 1. The molecule has 0 aliphatic carbocycles. The lowest BCUT2D eigenvalue weighted by atomic mass is 10.1. The van der Waals surface area contributed by atoms with Gasteiger partial charge in [0.25, 0.3) is 0 Å². The van der Waals surface area contributed by atoms with E-state index in [1.54, 1.807) is 37.3 Å². The number of carboxylic acid groups (broad SMARTS) is 1. The van der Waals surface area contributed by atoms with Crippen LogP contribution in [0.25, 0.3) is 10.4 Å². The minimum absolute atomic E-state index is 0.0246. The molecule has 0 aliphatic rings. The number of hydrogen-bond acceptors (Lipinski definition) is 4. The summed E-state index contributed by atoms with van der Waals surface area (Å²) in [6, 6.07) is 14.0. The van der Waals surface area contributed by atoms with Crippen LogP contribution in [0.5, 0.6) is 0 Å². The number of halogens is 1. The van der Waals surface area contributed by atoms with Gasteiger partial charge in [-0.25, -0.2) is 9.18 Å². The number of hydrogen-bond donors (Lipinski definition) is 1. The van der Waals surface area contributed by atoms with Gasteiger partial charge in [0.15, 0.2) is 0 Å². The van der Waals surface area contributed by atoms with E-state index in [0.717, 1.165) is 15.6 Å². The standard InChI is InChI=1S/C18H14FNO4S2/c1-11-6-2-5-9-14(11)20(26(23)24)15-10-16(25-17(15)18(21)22)12-7-3-4-8-13(12)19/h2-10H,1H3,(H,21,22)(H,23,24)/p-1. The highest BCUT2D eigenvalue weighted by atomic mass is 32.2. The third-order valence-corrected chi connectivity index (χ3v) is 5.59. The van der Waals surface area contributed by atoms with Crippen LogP contribution >= 0.6 is 11.3 Å². The maximum atomic E-state index is 14.1. The fourth-order valence-corrected chi connectivity index (χ4v) is 4.30. The number of nitrogens with zero attached hydrogens (tertiary/aromatic N) is 1. The third kappa shape index (κ3) is 3.39. The predicted octanol–water partition coefficient (Wildman–Crippen LogP) is 4.49. The van der Waals surface area contributed by atoms with Gasteiger partial charge in [-0.05, 0) is 30.7 Å². The molecule has 3 aromatic rings. The summed E-state index contributed by atoms with van der Waals surface area (Å²) < 4.78 is 38.8. The molecule has 8 heteroatoms. The van der Waals surface area contributed by atoms with Crippen molar-refractivity contribution in [1.29, 1.82) is 0 Å². The van der Waals surface area contributed by atoms with Gasteiger partial charge >= 0.3 is 5.97 Å². The zero-order chi connectivity index (χ0) is 18.8. The van der Waals surface area contributed by atoms with Crippen LogP contribution in [0.3, 0.4) is 0 Å². The first-order valence-electron chi connectivity index (χ1n) is 7.47. The molecule has 1 N–H and O–H groups in total. The summed E-state index contributed by atoms with van der Waals surface area (Å²) in [5.41, 5.74) is 1.18. The number of carboxylic acids is 1. The quantitative estimate of drug-likeness (QED) is 0.651. The summed E-state index contributed by atoms with van der Waals surface area (Å²) in [7, 11) is 0. The van der Waals surface area contributed by atoms with E-state index in [-0.39, 0.29) is 16.1 Å². The van der Waals surface area contributed by atoms with Crippen molar-refractivity contribution in [2.45, 2.75) is 6.92 Å². The van der Waals surface area contributed by atoms with Gasteiger partial charge < -0.3 is 9.66 Å². The third-order valence-electron chi connectivity index (χ3n) is 3.75. The van der Waals surface area contributed by atoms with Crippen LogP contribution in [0.2, 0.25) is 0 Å². The minimum Gasteiger partial charge on any atom is -0.755 e. The number of carbonyl (C=O) groups is 1. The van der Waals surface area contributed by atoms with Crippen molar-refractivity contribution in [2.75, 3.05) is 4.31 Å². The van der Waals surface area contributed by atoms with Crippen LogP contribution in [-0.4, -0.2) is 19.8 Å². The first kappa shape index (κ1) is 18.2. The van der Waals surface area contributed by atoms with Gasteiger partial charge in [0.05, 0.1) is 22.6 Å². The van der Waals surface area contributed by atoms with Crippen molar-refractivity contribution >= 4 is 39.9 Å². The maximum absolute atomic E-state index is 14.1. The Morgan fingerprint density at radius 1 is 1.15 bits per heavy atom. The van der Waals surface area contributed by atoms with Crippen LogP contribution in [0.1, 0.15) is 15.2 Å². The van der Waals surface area contributed by atoms with Crippen LogP contribution in [-0.2, 0) is 11.3 Å². The molecule has 0 saturated carbocycles. The average molecular weight is 390 g/mol. The Balaban J connectivity index is 2.22. The first-order valence-corrected chi connectivity index (χ1v) is 9.32.